The van der Waals surface area contributed by atoms with Gasteiger partial charge in [0.1, 0.15) is 0 Å². The lowest BCUT2D eigenvalue weighted by atomic mass is 9.82. The lowest BCUT2D eigenvalue weighted by molar-refractivity contribution is -0.138. The highest BCUT2D eigenvalue weighted by atomic mass is 32.2. The number of rotatable bonds is 10. The molecule has 202 valence electrons. The highest BCUT2D eigenvalue weighted by molar-refractivity contribution is 7.93. The van der Waals surface area contributed by atoms with Gasteiger partial charge in [0.15, 0.2) is 0 Å². The number of anilines is 1. The van der Waals surface area contributed by atoms with E-state index in [1.165, 1.54) is 30.7 Å². The summed E-state index contributed by atoms with van der Waals surface area (Å²) in [6, 6.07) is 3.72. The van der Waals surface area contributed by atoms with E-state index in [2.05, 4.69) is 24.7 Å². The van der Waals surface area contributed by atoms with Gasteiger partial charge in [-0.25, -0.2) is 23.4 Å². The van der Waals surface area contributed by atoms with Gasteiger partial charge in [-0.05, 0) is 43.9 Å². The first-order valence-electron chi connectivity index (χ1n) is 11.8. The van der Waals surface area contributed by atoms with Gasteiger partial charge in [-0.3, -0.25) is 14.5 Å². The molecule has 4 rings (SSSR count). The number of nitrogens with two attached hydrogens (primary N) is 1. The molecule has 0 radical (unpaired) electrons. The Balaban J connectivity index is 1.94. The Morgan fingerprint density at radius 3 is 2.53 bits per heavy atom. The first-order valence-corrected chi connectivity index (χ1v) is 13.3. The Morgan fingerprint density at radius 1 is 1.18 bits per heavy atom. The number of aromatic nitrogens is 4. The Hall–Kier alpha value is -3.81. The first-order chi connectivity index (χ1) is 18.0. The molecule has 1 amide bonds. The molecular weight excluding hydrogens is 525 g/mol. The van der Waals surface area contributed by atoms with Gasteiger partial charge in [0.05, 0.1) is 46.8 Å². The van der Waals surface area contributed by atoms with E-state index in [0.29, 0.717) is 12.8 Å². The summed E-state index contributed by atoms with van der Waals surface area (Å²) in [6.45, 7) is 3.63. The average Bonchev–Trinajstić information content (AvgIpc) is 3.70. The Labute approximate surface area is 216 Å². The fourth-order valence-electron chi connectivity index (χ4n) is 4.18. The molecule has 1 aliphatic carbocycles. The van der Waals surface area contributed by atoms with Crippen LogP contribution in [-0.2, 0) is 16.2 Å². The van der Waals surface area contributed by atoms with Crippen molar-refractivity contribution in [2.45, 2.75) is 50.5 Å². The van der Waals surface area contributed by atoms with Crippen molar-refractivity contribution in [3.8, 4) is 17.1 Å². The Morgan fingerprint density at radius 2 is 1.92 bits per heavy atom. The third kappa shape index (κ3) is 5.69. The molecule has 3 aromatic rings. The number of benzene rings is 1. The monoisotopic (exact) mass is 550 g/mol. The molecule has 1 unspecified atom stereocenters. The topological polar surface area (TPSA) is 150 Å². The lowest BCUT2D eigenvalue weighted by Gasteiger charge is -2.25. The predicted molar refractivity (Wildman–Crippen MR) is 132 cm³/mol. The highest BCUT2D eigenvalue weighted by Gasteiger charge is 2.41. The molecule has 2 aromatic heterocycles. The minimum atomic E-state index is -4.97. The van der Waals surface area contributed by atoms with Gasteiger partial charge in [0, 0.05) is 17.7 Å². The zero-order chi connectivity index (χ0) is 27.7. The summed E-state index contributed by atoms with van der Waals surface area (Å²) in [5.41, 5.74) is 3.34. The highest BCUT2D eigenvalue weighted by Crippen LogP contribution is 2.45. The molecule has 1 saturated carbocycles. The van der Waals surface area contributed by atoms with Crippen LogP contribution in [-0.4, -0.2) is 46.1 Å². The smallest absolute Gasteiger partial charge is 0.417 e. The standard InChI is InChI=1S/C24H25F3N6O4S/c1-3-14(17-9-10-30-23(32-17)33-38(35,36)13-5-6-13)20-15(18-11-29-12-19(31-18)37-4-2)7-8-16(22(28)34)21(20)24(25,26)27/h7-14H,3-6H2,1-2H3,(H2,28,34)(H,30,32,33). The van der Waals surface area contributed by atoms with E-state index in [-0.39, 0.29) is 47.4 Å². The first kappa shape index (κ1) is 27.2. The summed E-state index contributed by atoms with van der Waals surface area (Å²) < 4.78 is 76.2. The second-order valence-corrected chi connectivity index (χ2v) is 10.6. The van der Waals surface area contributed by atoms with Crippen molar-refractivity contribution < 1.29 is 31.1 Å². The third-order valence-corrected chi connectivity index (χ3v) is 7.78. The van der Waals surface area contributed by atoms with Gasteiger partial charge in [-0.15, -0.1) is 0 Å². The zero-order valence-corrected chi connectivity index (χ0v) is 21.3. The van der Waals surface area contributed by atoms with Crippen molar-refractivity contribution in [1.82, 2.24) is 19.9 Å². The van der Waals surface area contributed by atoms with Crippen LogP contribution in [0.3, 0.4) is 0 Å². The maximum Gasteiger partial charge on any atom is 0.417 e. The van der Waals surface area contributed by atoms with Crippen LogP contribution in [0, 0.1) is 0 Å². The predicted octanol–water partition coefficient (Wildman–Crippen LogP) is 3.90. The molecule has 1 aromatic carbocycles. The molecule has 1 aliphatic rings. The van der Waals surface area contributed by atoms with Crippen LogP contribution in [0.1, 0.15) is 66.2 Å². The molecule has 1 fully saturated rings. The summed E-state index contributed by atoms with van der Waals surface area (Å²) >= 11 is 0. The average molecular weight is 551 g/mol. The number of amides is 1. The van der Waals surface area contributed by atoms with Gasteiger partial charge in [-0.1, -0.05) is 13.0 Å². The van der Waals surface area contributed by atoms with E-state index in [9.17, 15) is 26.4 Å². The van der Waals surface area contributed by atoms with Crippen molar-refractivity contribution >= 4 is 21.9 Å². The van der Waals surface area contributed by atoms with Crippen LogP contribution in [0.2, 0.25) is 0 Å². The number of nitrogens with one attached hydrogen (secondary N) is 1. The molecule has 1 atom stereocenters. The molecule has 0 bridgehead atoms. The van der Waals surface area contributed by atoms with Crippen LogP contribution in [0.5, 0.6) is 5.88 Å². The number of carbonyl (C=O) groups is 1. The summed E-state index contributed by atoms with van der Waals surface area (Å²) in [5, 5.41) is -0.552. The molecule has 0 aliphatic heterocycles. The summed E-state index contributed by atoms with van der Waals surface area (Å²) in [6.07, 6.45) is 0.0120. The fourth-order valence-corrected chi connectivity index (χ4v) is 5.45. The van der Waals surface area contributed by atoms with Gasteiger partial charge in [0.25, 0.3) is 0 Å². The van der Waals surface area contributed by atoms with Crippen LogP contribution >= 0.6 is 0 Å². The van der Waals surface area contributed by atoms with E-state index in [1.807, 2.05) is 0 Å². The van der Waals surface area contributed by atoms with Crippen LogP contribution in [0.25, 0.3) is 11.3 Å². The maximum absolute atomic E-state index is 14.6. The molecule has 0 saturated heterocycles. The normalized spacial score (nSPS) is 14.7. The largest absolute Gasteiger partial charge is 0.477 e. The minimum Gasteiger partial charge on any atom is -0.477 e. The van der Waals surface area contributed by atoms with Crippen molar-refractivity contribution in [3.05, 3.63) is 59.2 Å². The third-order valence-electron chi connectivity index (χ3n) is 5.96. The quantitative estimate of drug-likeness (QED) is 0.386. The van der Waals surface area contributed by atoms with E-state index >= 15 is 0 Å². The number of ether oxygens (including phenoxy) is 1. The Kier molecular flexibility index (Phi) is 7.54. The second kappa shape index (κ2) is 10.5. The second-order valence-electron chi connectivity index (χ2n) is 8.60. The van der Waals surface area contributed by atoms with E-state index in [1.54, 1.807) is 13.8 Å². The van der Waals surface area contributed by atoms with E-state index < -0.39 is 44.4 Å². The molecule has 38 heavy (non-hydrogen) atoms. The number of halogens is 3. The maximum atomic E-state index is 14.6. The van der Waals surface area contributed by atoms with E-state index in [0.717, 1.165) is 6.07 Å². The number of hydrogen-bond acceptors (Lipinski definition) is 8. The number of primary amides is 1. The summed E-state index contributed by atoms with van der Waals surface area (Å²) in [7, 11) is -3.71. The van der Waals surface area contributed by atoms with Crippen molar-refractivity contribution in [2.24, 2.45) is 5.73 Å². The lowest BCUT2D eigenvalue weighted by Crippen LogP contribution is -2.23. The van der Waals surface area contributed by atoms with Crippen molar-refractivity contribution in [1.29, 1.82) is 0 Å². The number of carbonyl (C=O) groups excluding carboxylic acids is 1. The molecule has 3 N–H and O–H groups in total. The van der Waals surface area contributed by atoms with Crippen LogP contribution < -0.4 is 15.2 Å². The van der Waals surface area contributed by atoms with E-state index in [4.69, 9.17) is 10.5 Å². The van der Waals surface area contributed by atoms with Gasteiger partial charge < -0.3 is 10.5 Å². The fraction of sp³-hybridized carbons (Fsp3) is 0.375. The molecule has 14 heteroatoms. The number of nitrogens with zero attached hydrogens (tertiary/aromatic N) is 4. The van der Waals surface area contributed by atoms with Crippen molar-refractivity contribution in [3.63, 3.8) is 0 Å². The number of hydrogen-bond donors (Lipinski definition) is 2. The van der Waals surface area contributed by atoms with Gasteiger partial charge in [-0.2, -0.15) is 13.2 Å². The van der Waals surface area contributed by atoms with Crippen LogP contribution in [0.4, 0.5) is 19.1 Å². The SMILES string of the molecule is CCOc1cncc(-c2ccc(C(N)=O)c(C(F)(F)F)c2C(CC)c2ccnc(NS(=O)(=O)C3CC3)n2)n1. The molecular formula is C24H25F3N6O4S. The Bertz CT molecular complexity index is 1460. The number of sulfonamides is 1. The summed E-state index contributed by atoms with van der Waals surface area (Å²) in [5.74, 6) is -2.46. The number of alkyl halides is 3. The molecule has 10 nitrogen and oxygen atoms in total. The van der Waals surface area contributed by atoms with Gasteiger partial charge in [0.2, 0.25) is 27.8 Å². The van der Waals surface area contributed by atoms with Crippen molar-refractivity contribution in [2.75, 3.05) is 11.3 Å². The van der Waals surface area contributed by atoms with Gasteiger partial charge >= 0.3 is 6.18 Å². The zero-order valence-electron chi connectivity index (χ0n) is 20.5. The van der Waals surface area contributed by atoms with Crippen LogP contribution in [0.15, 0.2) is 36.8 Å². The molecule has 0 spiro atoms. The summed E-state index contributed by atoms with van der Waals surface area (Å²) in [4.78, 5) is 28.6. The minimum absolute atomic E-state index is 0.0435. The molecule has 2 heterocycles.